The van der Waals surface area contributed by atoms with Crippen molar-refractivity contribution in [3.05, 3.63) is 22.1 Å². The molecule has 0 aliphatic rings. The minimum Gasteiger partial charge on any atom is -0.478 e. The van der Waals surface area contributed by atoms with Gasteiger partial charge in [0.15, 0.2) is 0 Å². The first-order valence-electron chi connectivity index (χ1n) is 3.45. The summed E-state index contributed by atoms with van der Waals surface area (Å²) in [6, 6.07) is 0. The lowest BCUT2D eigenvalue weighted by molar-refractivity contribution is 0.400. The monoisotopic (exact) mass is 261 g/mol. The molecule has 0 fully saturated rings. The summed E-state index contributed by atoms with van der Waals surface area (Å²) in [6.45, 7) is 0. The standard InChI is InChI=1S/C7H5BrClN3O/c1-13-7-6-10-4(8)2-12(6)3-5(9)11-7/h2-3H,1H3. The summed E-state index contributed by atoms with van der Waals surface area (Å²) in [4.78, 5) is 8.13. The highest BCUT2D eigenvalue weighted by Gasteiger charge is 2.08. The van der Waals surface area contributed by atoms with Gasteiger partial charge in [-0.3, -0.25) is 4.40 Å². The van der Waals surface area contributed by atoms with E-state index in [1.54, 1.807) is 16.8 Å². The summed E-state index contributed by atoms with van der Waals surface area (Å²) in [6.07, 6.45) is 3.45. The average Bonchev–Trinajstić information content (AvgIpc) is 2.43. The molecule has 2 heterocycles. The van der Waals surface area contributed by atoms with Crippen LogP contribution in [0.25, 0.3) is 5.65 Å². The molecule has 13 heavy (non-hydrogen) atoms. The number of imidazole rings is 1. The van der Waals surface area contributed by atoms with E-state index >= 15 is 0 Å². The molecule has 0 unspecified atom stereocenters. The third-order valence-electron chi connectivity index (χ3n) is 1.54. The van der Waals surface area contributed by atoms with Crippen molar-refractivity contribution in [1.82, 2.24) is 14.4 Å². The fourth-order valence-electron chi connectivity index (χ4n) is 1.05. The van der Waals surface area contributed by atoms with Gasteiger partial charge < -0.3 is 4.74 Å². The maximum Gasteiger partial charge on any atom is 0.259 e. The Hall–Kier alpha value is -0.810. The lowest BCUT2D eigenvalue weighted by atomic mass is 10.6. The van der Waals surface area contributed by atoms with Gasteiger partial charge in [-0.2, -0.15) is 4.98 Å². The molecule has 68 valence electrons. The summed E-state index contributed by atoms with van der Waals surface area (Å²) in [5.74, 6) is 0.415. The molecule has 0 N–H and O–H groups in total. The molecule has 2 aromatic rings. The van der Waals surface area contributed by atoms with Crippen LogP contribution in [0.4, 0.5) is 0 Å². The van der Waals surface area contributed by atoms with Gasteiger partial charge in [0.05, 0.1) is 7.11 Å². The molecular weight excluding hydrogens is 257 g/mol. The lowest BCUT2D eigenvalue weighted by Crippen LogP contribution is -1.93. The predicted octanol–water partition coefficient (Wildman–Crippen LogP) is 2.15. The molecule has 2 rings (SSSR count). The van der Waals surface area contributed by atoms with E-state index in [1.165, 1.54) is 7.11 Å². The van der Waals surface area contributed by atoms with Gasteiger partial charge in [0.25, 0.3) is 5.88 Å². The predicted molar refractivity (Wildman–Crippen MR) is 52.2 cm³/mol. The average molecular weight is 262 g/mol. The first kappa shape index (κ1) is 8.77. The van der Waals surface area contributed by atoms with Crippen molar-refractivity contribution in [2.75, 3.05) is 7.11 Å². The summed E-state index contributed by atoms with van der Waals surface area (Å²) in [7, 11) is 1.53. The van der Waals surface area contributed by atoms with Crippen LogP contribution in [0.15, 0.2) is 17.0 Å². The Balaban J connectivity index is 2.80. The smallest absolute Gasteiger partial charge is 0.259 e. The SMILES string of the molecule is COc1nc(Cl)cn2cc(Br)nc12. The zero-order valence-electron chi connectivity index (χ0n) is 6.66. The Labute approximate surface area is 87.6 Å². The van der Waals surface area contributed by atoms with Crippen LogP contribution in [0, 0.1) is 0 Å². The number of ether oxygens (including phenoxy) is 1. The highest BCUT2D eigenvalue weighted by Crippen LogP contribution is 2.21. The minimum absolute atomic E-state index is 0.370. The molecule has 4 nitrogen and oxygen atoms in total. The van der Waals surface area contributed by atoms with Crippen LogP contribution >= 0.6 is 27.5 Å². The van der Waals surface area contributed by atoms with Gasteiger partial charge >= 0.3 is 0 Å². The molecular formula is C7H5BrClN3O. The Morgan fingerprint density at radius 1 is 1.46 bits per heavy atom. The summed E-state index contributed by atoms with van der Waals surface area (Å²) in [5.41, 5.74) is 0.638. The highest BCUT2D eigenvalue weighted by molar-refractivity contribution is 9.10. The quantitative estimate of drug-likeness (QED) is 0.790. The van der Waals surface area contributed by atoms with Crippen LogP contribution in [0.5, 0.6) is 5.88 Å². The van der Waals surface area contributed by atoms with Gasteiger partial charge in [-0.15, -0.1) is 0 Å². The van der Waals surface area contributed by atoms with Crippen molar-refractivity contribution in [1.29, 1.82) is 0 Å². The van der Waals surface area contributed by atoms with E-state index in [4.69, 9.17) is 16.3 Å². The number of rotatable bonds is 1. The second-order valence-electron chi connectivity index (χ2n) is 2.37. The highest BCUT2D eigenvalue weighted by atomic mass is 79.9. The minimum atomic E-state index is 0.370. The van der Waals surface area contributed by atoms with Crippen molar-refractivity contribution in [3.63, 3.8) is 0 Å². The van der Waals surface area contributed by atoms with E-state index in [0.717, 1.165) is 4.60 Å². The number of halogens is 2. The normalized spacial score (nSPS) is 10.7. The third kappa shape index (κ3) is 1.49. The molecule has 0 amide bonds. The van der Waals surface area contributed by atoms with Crippen LogP contribution in [-0.4, -0.2) is 21.5 Å². The van der Waals surface area contributed by atoms with Crippen LogP contribution < -0.4 is 4.74 Å². The molecule has 0 radical (unpaired) electrons. The lowest BCUT2D eigenvalue weighted by Gasteiger charge is -2.00. The Kier molecular flexibility index (Phi) is 2.13. The van der Waals surface area contributed by atoms with Crippen LogP contribution in [0.1, 0.15) is 0 Å². The van der Waals surface area contributed by atoms with E-state index in [1.807, 2.05) is 0 Å². The molecule has 0 spiro atoms. The molecule has 0 bridgehead atoms. The van der Waals surface area contributed by atoms with E-state index in [2.05, 4.69) is 25.9 Å². The van der Waals surface area contributed by atoms with E-state index in [-0.39, 0.29) is 0 Å². The number of hydrogen-bond donors (Lipinski definition) is 0. The van der Waals surface area contributed by atoms with E-state index in [9.17, 15) is 0 Å². The number of methoxy groups -OCH3 is 1. The van der Waals surface area contributed by atoms with Crippen molar-refractivity contribution < 1.29 is 4.74 Å². The van der Waals surface area contributed by atoms with Crippen molar-refractivity contribution in [2.24, 2.45) is 0 Å². The molecule has 0 saturated carbocycles. The number of aromatic nitrogens is 3. The molecule has 2 aromatic heterocycles. The van der Waals surface area contributed by atoms with E-state index < -0.39 is 0 Å². The van der Waals surface area contributed by atoms with Crippen LogP contribution in [-0.2, 0) is 0 Å². The van der Waals surface area contributed by atoms with Crippen LogP contribution in [0.2, 0.25) is 5.15 Å². The fourth-order valence-corrected chi connectivity index (χ4v) is 1.62. The fraction of sp³-hybridized carbons (Fsp3) is 0.143. The first-order valence-corrected chi connectivity index (χ1v) is 4.62. The van der Waals surface area contributed by atoms with Gasteiger partial charge in [0, 0.05) is 12.4 Å². The summed E-state index contributed by atoms with van der Waals surface area (Å²) >= 11 is 9.01. The molecule has 0 atom stereocenters. The molecule has 6 heteroatoms. The van der Waals surface area contributed by atoms with Crippen molar-refractivity contribution >= 4 is 33.2 Å². The Morgan fingerprint density at radius 3 is 2.92 bits per heavy atom. The number of nitrogens with zero attached hydrogens (tertiary/aromatic N) is 3. The zero-order valence-corrected chi connectivity index (χ0v) is 9.00. The number of fused-ring (bicyclic) bond motifs is 1. The van der Waals surface area contributed by atoms with Gasteiger partial charge in [0.2, 0.25) is 5.65 Å². The molecule has 0 saturated heterocycles. The number of hydrogen-bond acceptors (Lipinski definition) is 3. The Morgan fingerprint density at radius 2 is 2.23 bits per heavy atom. The second kappa shape index (κ2) is 3.16. The van der Waals surface area contributed by atoms with Gasteiger partial charge in [0.1, 0.15) is 9.76 Å². The first-order chi connectivity index (χ1) is 6.20. The Bertz CT molecular complexity index is 456. The van der Waals surface area contributed by atoms with Gasteiger partial charge in [-0.25, -0.2) is 4.98 Å². The maximum absolute atomic E-state index is 5.76. The molecule has 0 aliphatic carbocycles. The zero-order chi connectivity index (χ0) is 9.42. The molecule has 0 aromatic carbocycles. The van der Waals surface area contributed by atoms with E-state index in [0.29, 0.717) is 16.7 Å². The maximum atomic E-state index is 5.76. The van der Waals surface area contributed by atoms with Gasteiger partial charge in [-0.05, 0) is 15.9 Å². The van der Waals surface area contributed by atoms with Crippen molar-refractivity contribution in [3.8, 4) is 5.88 Å². The topological polar surface area (TPSA) is 39.4 Å². The summed E-state index contributed by atoms with van der Waals surface area (Å²) < 4.78 is 7.49. The van der Waals surface area contributed by atoms with Gasteiger partial charge in [-0.1, -0.05) is 11.6 Å². The molecule has 0 aliphatic heterocycles. The largest absolute Gasteiger partial charge is 0.478 e. The third-order valence-corrected chi connectivity index (χ3v) is 2.11. The van der Waals surface area contributed by atoms with Crippen LogP contribution in [0.3, 0.4) is 0 Å². The second-order valence-corrected chi connectivity index (χ2v) is 3.57. The summed E-state index contributed by atoms with van der Waals surface area (Å²) in [5, 5.41) is 0.370. The van der Waals surface area contributed by atoms with Crippen molar-refractivity contribution in [2.45, 2.75) is 0 Å².